The molecule has 0 aromatic heterocycles. The van der Waals surface area contributed by atoms with Crippen LogP contribution in [0.25, 0.3) is 0 Å². The first kappa shape index (κ1) is 19.2. The zero-order chi connectivity index (χ0) is 19.3. The van der Waals surface area contributed by atoms with Gasteiger partial charge in [0, 0.05) is 12.1 Å². The van der Waals surface area contributed by atoms with Crippen molar-refractivity contribution in [2.45, 2.75) is 26.8 Å². The summed E-state index contributed by atoms with van der Waals surface area (Å²) in [5.74, 6) is 0.119. The van der Waals surface area contributed by atoms with Crippen molar-refractivity contribution in [2.24, 2.45) is 0 Å². The van der Waals surface area contributed by atoms with E-state index >= 15 is 0 Å². The zero-order valence-corrected chi connectivity index (χ0v) is 15.2. The van der Waals surface area contributed by atoms with Crippen molar-refractivity contribution in [2.75, 3.05) is 13.7 Å². The third kappa shape index (κ3) is 4.72. The second-order valence-electron chi connectivity index (χ2n) is 6.03. The Bertz CT molecular complexity index is 820. The van der Waals surface area contributed by atoms with Crippen molar-refractivity contribution < 1.29 is 19.2 Å². The maximum Gasteiger partial charge on any atom is 0.311 e. The number of nitrogens with one attached hydrogen (secondary N) is 1. The number of methoxy groups -OCH3 is 1. The van der Waals surface area contributed by atoms with Gasteiger partial charge in [-0.3, -0.25) is 14.9 Å². The van der Waals surface area contributed by atoms with Crippen LogP contribution >= 0.6 is 0 Å². The van der Waals surface area contributed by atoms with Crippen molar-refractivity contribution in [1.82, 2.24) is 5.32 Å². The number of hydrogen-bond donors (Lipinski definition) is 1. The van der Waals surface area contributed by atoms with Gasteiger partial charge in [-0.25, -0.2) is 0 Å². The van der Waals surface area contributed by atoms with Crippen LogP contribution in [0.4, 0.5) is 5.69 Å². The molecular formula is C19H22N2O5. The lowest BCUT2D eigenvalue weighted by Crippen LogP contribution is -2.31. The summed E-state index contributed by atoms with van der Waals surface area (Å²) in [6, 6.07) is 10.0. The number of carbonyl (C=O) groups is 1. The van der Waals surface area contributed by atoms with Gasteiger partial charge in [0.05, 0.1) is 18.1 Å². The van der Waals surface area contributed by atoms with Crippen molar-refractivity contribution in [3.63, 3.8) is 0 Å². The van der Waals surface area contributed by atoms with E-state index in [0.717, 1.165) is 11.1 Å². The topological polar surface area (TPSA) is 90.7 Å². The molecule has 0 radical (unpaired) electrons. The number of aryl methyl sites for hydroxylation is 2. The Labute approximate surface area is 152 Å². The van der Waals surface area contributed by atoms with Gasteiger partial charge < -0.3 is 14.8 Å². The van der Waals surface area contributed by atoms with Crippen molar-refractivity contribution >= 4 is 11.6 Å². The predicted octanol–water partition coefficient (Wildman–Crippen LogP) is 3.48. The highest BCUT2D eigenvalue weighted by Gasteiger charge is 2.16. The molecule has 0 bridgehead atoms. The molecule has 138 valence electrons. The molecule has 0 aliphatic heterocycles. The second kappa shape index (κ2) is 8.33. The lowest BCUT2D eigenvalue weighted by molar-refractivity contribution is -0.385. The van der Waals surface area contributed by atoms with Gasteiger partial charge in [-0.2, -0.15) is 0 Å². The fourth-order valence-electron chi connectivity index (χ4n) is 2.72. The minimum atomic E-state index is -0.541. The third-order valence-electron chi connectivity index (χ3n) is 3.99. The molecule has 1 atom stereocenters. The summed E-state index contributed by atoms with van der Waals surface area (Å²) in [5.41, 5.74) is 3.16. The number of benzene rings is 2. The van der Waals surface area contributed by atoms with Gasteiger partial charge in [-0.15, -0.1) is 0 Å². The second-order valence-corrected chi connectivity index (χ2v) is 6.03. The minimum absolute atomic E-state index is 0.0801. The number of ether oxygens (including phenoxy) is 2. The summed E-state index contributed by atoms with van der Waals surface area (Å²) in [6.45, 7) is 5.73. The molecule has 2 aromatic carbocycles. The Morgan fingerprint density at radius 2 is 1.96 bits per heavy atom. The van der Waals surface area contributed by atoms with Crippen LogP contribution in [0.5, 0.6) is 11.5 Å². The molecule has 2 rings (SSSR count). The zero-order valence-electron chi connectivity index (χ0n) is 15.2. The first-order valence-electron chi connectivity index (χ1n) is 8.13. The smallest absolute Gasteiger partial charge is 0.311 e. The Hall–Kier alpha value is -3.09. The summed E-state index contributed by atoms with van der Waals surface area (Å²) >= 11 is 0. The van der Waals surface area contributed by atoms with Crippen LogP contribution in [0.1, 0.15) is 29.7 Å². The number of nitro benzene ring substituents is 1. The Kier molecular flexibility index (Phi) is 6.16. The van der Waals surface area contributed by atoms with Gasteiger partial charge in [0.25, 0.3) is 5.91 Å². The van der Waals surface area contributed by atoms with Crippen molar-refractivity contribution in [3.8, 4) is 11.5 Å². The van der Waals surface area contributed by atoms with E-state index in [9.17, 15) is 14.9 Å². The maximum atomic E-state index is 12.1. The maximum absolute atomic E-state index is 12.1. The molecule has 0 spiro atoms. The van der Waals surface area contributed by atoms with Crippen molar-refractivity contribution in [1.29, 1.82) is 0 Å². The van der Waals surface area contributed by atoms with E-state index in [-0.39, 0.29) is 30.0 Å². The summed E-state index contributed by atoms with van der Waals surface area (Å²) < 4.78 is 10.4. The largest absolute Gasteiger partial charge is 0.490 e. The molecule has 1 amide bonds. The molecule has 1 unspecified atom stereocenters. The molecule has 0 aliphatic carbocycles. The summed E-state index contributed by atoms with van der Waals surface area (Å²) in [5, 5.41) is 13.8. The first-order chi connectivity index (χ1) is 12.3. The van der Waals surface area contributed by atoms with Crippen LogP contribution in [0, 0.1) is 24.0 Å². The van der Waals surface area contributed by atoms with E-state index in [0.29, 0.717) is 5.75 Å². The van der Waals surface area contributed by atoms with Crippen LogP contribution in [-0.2, 0) is 4.79 Å². The number of nitro groups is 1. The molecule has 0 saturated carbocycles. The molecule has 0 saturated heterocycles. The van der Waals surface area contributed by atoms with Crippen LogP contribution < -0.4 is 14.8 Å². The highest BCUT2D eigenvalue weighted by Crippen LogP contribution is 2.30. The molecule has 26 heavy (non-hydrogen) atoms. The highest BCUT2D eigenvalue weighted by atomic mass is 16.6. The van der Waals surface area contributed by atoms with E-state index in [1.807, 2.05) is 32.9 Å². The van der Waals surface area contributed by atoms with Gasteiger partial charge in [-0.1, -0.05) is 23.8 Å². The minimum Gasteiger partial charge on any atom is -0.490 e. The molecule has 7 heteroatoms. The monoisotopic (exact) mass is 358 g/mol. The quantitative estimate of drug-likeness (QED) is 0.604. The van der Waals surface area contributed by atoms with Gasteiger partial charge >= 0.3 is 5.69 Å². The van der Waals surface area contributed by atoms with E-state index in [1.54, 1.807) is 0 Å². The van der Waals surface area contributed by atoms with Gasteiger partial charge in [0.2, 0.25) is 5.75 Å². The van der Waals surface area contributed by atoms with E-state index in [2.05, 4.69) is 11.4 Å². The van der Waals surface area contributed by atoms with E-state index in [4.69, 9.17) is 9.47 Å². The highest BCUT2D eigenvalue weighted by molar-refractivity contribution is 5.78. The fourth-order valence-corrected chi connectivity index (χ4v) is 2.72. The number of nitrogens with zero attached hydrogens (tertiary/aromatic N) is 1. The van der Waals surface area contributed by atoms with Gasteiger partial charge in [-0.05, 0) is 38.0 Å². The summed E-state index contributed by atoms with van der Waals surface area (Å²) in [7, 11) is 1.34. The summed E-state index contributed by atoms with van der Waals surface area (Å²) in [6.07, 6.45) is 0. The SMILES string of the molecule is COc1cc(OCC(=O)NC(C)c2ccc(C)cc2C)ccc1[N+](=O)[O-]. The average Bonchev–Trinajstić information content (AvgIpc) is 2.59. The molecule has 0 fully saturated rings. The van der Waals surface area contributed by atoms with Crippen LogP contribution in [-0.4, -0.2) is 24.5 Å². The molecule has 0 heterocycles. The van der Waals surface area contributed by atoms with Crippen LogP contribution in [0.3, 0.4) is 0 Å². The predicted molar refractivity (Wildman–Crippen MR) is 97.6 cm³/mol. The normalized spacial score (nSPS) is 11.5. The Morgan fingerprint density at radius 3 is 2.58 bits per heavy atom. The molecular weight excluding hydrogens is 336 g/mol. The molecule has 2 aromatic rings. The molecule has 0 aliphatic rings. The Balaban J connectivity index is 1.97. The summed E-state index contributed by atoms with van der Waals surface area (Å²) in [4.78, 5) is 22.5. The number of hydrogen-bond acceptors (Lipinski definition) is 5. The van der Waals surface area contributed by atoms with Gasteiger partial charge in [0.1, 0.15) is 5.75 Å². The number of amides is 1. The standard InChI is InChI=1S/C19H22N2O5/c1-12-5-7-16(13(2)9-12)14(3)20-19(22)11-26-15-6-8-17(21(23)24)18(10-15)25-4/h5-10,14H,11H2,1-4H3,(H,20,22). The lowest BCUT2D eigenvalue weighted by Gasteiger charge is -2.17. The van der Waals surface area contributed by atoms with Gasteiger partial charge in [0.15, 0.2) is 6.61 Å². The van der Waals surface area contributed by atoms with Crippen LogP contribution in [0.2, 0.25) is 0 Å². The molecule has 1 N–H and O–H groups in total. The lowest BCUT2D eigenvalue weighted by atomic mass is 10.0. The Morgan fingerprint density at radius 1 is 1.23 bits per heavy atom. The van der Waals surface area contributed by atoms with Crippen molar-refractivity contribution in [3.05, 3.63) is 63.2 Å². The third-order valence-corrected chi connectivity index (χ3v) is 3.99. The van der Waals surface area contributed by atoms with E-state index < -0.39 is 4.92 Å². The fraction of sp³-hybridized carbons (Fsp3) is 0.316. The first-order valence-corrected chi connectivity index (χ1v) is 8.13. The number of carbonyl (C=O) groups excluding carboxylic acids is 1. The number of rotatable bonds is 7. The molecule has 7 nitrogen and oxygen atoms in total. The van der Waals surface area contributed by atoms with E-state index in [1.165, 1.54) is 30.9 Å². The average molecular weight is 358 g/mol. The van der Waals surface area contributed by atoms with Crippen LogP contribution in [0.15, 0.2) is 36.4 Å².